The van der Waals surface area contributed by atoms with E-state index >= 15 is 0 Å². The molecular formula is C23H26FN5. The number of nitrogens with zero attached hydrogens (tertiary/aromatic N) is 5. The second-order valence-electron chi connectivity index (χ2n) is 7.81. The van der Waals surface area contributed by atoms with Crippen LogP contribution in [-0.2, 0) is 6.54 Å². The number of hydrogen-bond donors (Lipinski definition) is 0. The number of piperidine rings is 1. The number of likely N-dealkylation sites (tertiary alicyclic amines) is 1. The molecule has 0 amide bonds. The van der Waals surface area contributed by atoms with Gasteiger partial charge in [0, 0.05) is 57.1 Å². The normalized spacial score (nSPS) is 17.3. The highest BCUT2D eigenvalue weighted by Gasteiger charge is 2.24. The van der Waals surface area contributed by atoms with Crippen molar-refractivity contribution < 1.29 is 4.39 Å². The minimum absolute atomic E-state index is 0.177. The van der Waals surface area contributed by atoms with Gasteiger partial charge in [-0.05, 0) is 49.2 Å². The van der Waals surface area contributed by atoms with E-state index in [1.165, 1.54) is 6.07 Å². The van der Waals surface area contributed by atoms with Crippen LogP contribution < -0.4 is 4.90 Å². The van der Waals surface area contributed by atoms with Crippen LogP contribution in [0, 0.1) is 5.82 Å². The van der Waals surface area contributed by atoms with Crippen molar-refractivity contribution in [2.24, 2.45) is 0 Å². The molecule has 1 atom stereocenters. The molecule has 1 saturated heterocycles. The van der Waals surface area contributed by atoms with Crippen LogP contribution in [0.1, 0.15) is 30.0 Å². The van der Waals surface area contributed by atoms with Crippen molar-refractivity contribution in [1.29, 1.82) is 0 Å². The molecule has 1 aliphatic heterocycles. The fraction of sp³-hybridized carbons (Fsp3) is 0.348. The van der Waals surface area contributed by atoms with Crippen molar-refractivity contribution in [1.82, 2.24) is 19.9 Å². The molecule has 150 valence electrons. The van der Waals surface area contributed by atoms with Crippen LogP contribution in [0.2, 0.25) is 0 Å². The fourth-order valence-electron chi connectivity index (χ4n) is 3.85. The number of rotatable bonds is 5. The van der Waals surface area contributed by atoms with Crippen LogP contribution in [0.15, 0.2) is 54.9 Å². The van der Waals surface area contributed by atoms with Crippen molar-refractivity contribution in [3.05, 3.63) is 71.9 Å². The summed E-state index contributed by atoms with van der Waals surface area (Å²) in [6, 6.07) is 12.9. The Bertz CT molecular complexity index is 960. The molecule has 29 heavy (non-hydrogen) atoms. The van der Waals surface area contributed by atoms with E-state index in [2.05, 4.69) is 16.0 Å². The van der Waals surface area contributed by atoms with E-state index < -0.39 is 0 Å². The summed E-state index contributed by atoms with van der Waals surface area (Å²) in [4.78, 5) is 18.2. The first kappa shape index (κ1) is 19.5. The first-order chi connectivity index (χ1) is 14.1. The summed E-state index contributed by atoms with van der Waals surface area (Å²) in [6.45, 7) is 2.69. The van der Waals surface area contributed by atoms with Gasteiger partial charge >= 0.3 is 0 Å². The topological polar surface area (TPSA) is 45.2 Å². The predicted molar refractivity (Wildman–Crippen MR) is 113 cm³/mol. The van der Waals surface area contributed by atoms with Crippen molar-refractivity contribution in [2.45, 2.75) is 25.3 Å². The largest absolute Gasteiger partial charge is 0.363 e. The third-order valence-electron chi connectivity index (χ3n) is 5.33. The van der Waals surface area contributed by atoms with Crippen LogP contribution in [0.25, 0.3) is 11.4 Å². The minimum Gasteiger partial charge on any atom is -0.363 e. The summed E-state index contributed by atoms with van der Waals surface area (Å²) in [5.41, 5.74) is 3.00. The Morgan fingerprint density at radius 1 is 1.14 bits per heavy atom. The van der Waals surface area contributed by atoms with Gasteiger partial charge in [0.2, 0.25) is 0 Å². The van der Waals surface area contributed by atoms with Gasteiger partial charge < -0.3 is 4.90 Å². The Hall–Kier alpha value is -2.86. The molecule has 0 spiro atoms. The first-order valence-corrected chi connectivity index (χ1v) is 10.0. The second-order valence-corrected chi connectivity index (χ2v) is 7.81. The van der Waals surface area contributed by atoms with E-state index in [4.69, 9.17) is 9.97 Å². The molecule has 1 aliphatic rings. The van der Waals surface area contributed by atoms with Crippen LogP contribution in [0.4, 0.5) is 10.2 Å². The zero-order valence-corrected chi connectivity index (χ0v) is 16.9. The Balaban J connectivity index is 1.58. The molecular weight excluding hydrogens is 365 g/mol. The number of benzene rings is 1. The lowest BCUT2D eigenvalue weighted by molar-refractivity contribution is 0.198. The van der Waals surface area contributed by atoms with Crippen LogP contribution in [-0.4, -0.2) is 47.0 Å². The van der Waals surface area contributed by atoms with Gasteiger partial charge in [-0.25, -0.2) is 14.4 Å². The van der Waals surface area contributed by atoms with Crippen molar-refractivity contribution >= 4 is 5.82 Å². The van der Waals surface area contributed by atoms with Crippen molar-refractivity contribution in [2.75, 3.05) is 32.1 Å². The van der Waals surface area contributed by atoms with E-state index in [0.29, 0.717) is 11.7 Å². The molecule has 0 radical (unpaired) electrons. The molecule has 5 nitrogen and oxygen atoms in total. The summed E-state index contributed by atoms with van der Waals surface area (Å²) >= 11 is 0. The van der Waals surface area contributed by atoms with Gasteiger partial charge in [-0.2, -0.15) is 0 Å². The second kappa shape index (κ2) is 8.66. The highest BCUT2D eigenvalue weighted by atomic mass is 19.1. The molecule has 3 aromatic rings. The van der Waals surface area contributed by atoms with Gasteiger partial charge in [-0.3, -0.25) is 9.88 Å². The maximum atomic E-state index is 13.5. The smallest absolute Gasteiger partial charge is 0.163 e. The van der Waals surface area contributed by atoms with Gasteiger partial charge in [0.05, 0.1) is 5.69 Å². The van der Waals surface area contributed by atoms with E-state index in [9.17, 15) is 4.39 Å². The van der Waals surface area contributed by atoms with Gasteiger partial charge in [-0.1, -0.05) is 12.1 Å². The highest BCUT2D eigenvalue weighted by Crippen LogP contribution is 2.30. The quantitative estimate of drug-likeness (QED) is 0.655. The van der Waals surface area contributed by atoms with E-state index in [-0.39, 0.29) is 5.82 Å². The Morgan fingerprint density at radius 3 is 2.79 bits per heavy atom. The summed E-state index contributed by atoms with van der Waals surface area (Å²) in [6.07, 6.45) is 5.75. The number of aromatic nitrogens is 3. The maximum Gasteiger partial charge on any atom is 0.163 e. The zero-order valence-electron chi connectivity index (χ0n) is 16.9. The van der Waals surface area contributed by atoms with Gasteiger partial charge in [0.1, 0.15) is 11.6 Å². The van der Waals surface area contributed by atoms with E-state index in [1.54, 1.807) is 24.5 Å². The van der Waals surface area contributed by atoms with Gasteiger partial charge in [0.15, 0.2) is 5.82 Å². The third kappa shape index (κ3) is 4.77. The molecule has 6 heteroatoms. The summed E-state index contributed by atoms with van der Waals surface area (Å²) < 4.78 is 13.5. The summed E-state index contributed by atoms with van der Waals surface area (Å²) in [5.74, 6) is 1.76. The standard InChI is InChI=1S/C23H26FN5/c1-28(2)22-13-21(26-23(27-22)18-7-4-10-25-14-18)19-8-5-11-29(16-19)15-17-6-3-9-20(24)12-17/h3-4,6-7,9-10,12-14,19H,5,8,11,15-16H2,1-2H3/t19-/m0/s1. The minimum atomic E-state index is -0.177. The molecule has 0 saturated carbocycles. The number of halogens is 1. The van der Waals surface area contributed by atoms with E-state index in [0.717, 1.165) is 55.1 Å². The molecule has 0 N–H and O–H groups in total. The SMILES string of the molecule is CN(C)c1cc([C@H]2CCCN(Cc3cccc(F)c3)C2)nc(-c2cccnc2)n1. The molecule has 0 bridgehead atoms. The lowest BCUT2D eigenvalue weighted by Crippen LogP contribution is -2.34. The van der Waals surface area contributed by atoms with E-state index in [1.807, 2.05) is 37.2 Å². The number of hydrogen-bond acceptors (Lipinski definition) is 5. The van der Waals surface area contributed by atoms with Crippen LogP contribution >= 0.6 is 0 Å². The Labute approximate surface area is 171 Å². The number of anilines is 1. The Morgan fingerprint density at radius 2 is 2.03 bits per heavy atom. The van der Waals surface area contributed by atoms with Gasteiger partial charge in [0.25, 0.3) is 0 Å². The molecule has 0 aliphatic carbocycles. The third-order valence-corrected chi connectivity index (χ3v) is 5.33. The lowest BCUT2D eigenvalue weighted by Gasteiger charge is -2.33. The van der Waals surface area contributed by atoms with Crippen LogP contribution in [0.3, 0.4) is 0 Å². The first-order valence-electron chi connectivity index (χ1n) is 10.0. The Kier molecular flexibility index (Phi) is 5.81. The summed E-state index contributed by atoms with van der Waals surface area (Å²) in [5, 5.41) is 0. The zero-order chi connectivity index (χ0) is 20.2. The number of pyridine rings is 1. The average Bonchev–Trinajstić information content (AvgIpc) is 2.74. The highest BCUT2D eigenvalue weighted by molar-refractivity contribution is 5.56. The molecule has 1 fully saturated rings. The van der Waals surface area contributed by atoms with Crippen LogP contribution in [0.5, 0.6) is 0 Å². The maximum absolute atomic E-state index is 13.5. The predicted octanol–water partition coefficient (Wildman–Crippen LogP) is 4.12. The molecule has 3 heterocycles. The van der Waals surface area contributed by atoms with Gasteiger partial charge in [-0.15, -0.1) is 0 Å². The monoisotopic (exact) mass is 391 g/mol. The lowest BCUT2D eigenvalue weighted by atomic mass is 9.94. The van der Waals surface area contributed by atoms with Crippen molar-refractivity contribution in [3.63, 3.8) is 0 Å². The molecule has 0 unspecified atom stereocenters. The fourth-order valence-corrected chi connectivity index (χ4v) is 3.85. The average molecular weight is 391 g/mol. The van der Waals surface area contributed by atoms with Crippen molar-refractivity contribution in [3.8, 4) is 11.4 Å². The molecule has 2 aromatic heterocycles. The summed E-state index contributed by atoms with van der Waals surface area (Å²) in [7, 11) is 3.99. The molecule has 4 rings (SSSR count). The molecule has 1 aromatic carbocycles.